The zero-order valence-corrected chi connectivity index (χ0v) is 18.4. The summed E-state index contributed by atoms with van der Waals surface area (Å²) >= 11 is 0. The topological polar surface area (TPSA) is 114 Å². The van der Waals surface area contributed by atoms with Gasteiger partial charge in [0.1, 0.15) is 6.04 Å². The van der Waals surface area contributed by atoms with Crippen molar-refractivity contribution in [2.24, 2.45) is 5.73 Å². The first kappa shape index (κ1) is 22.7. The largest absolute Gasteiger partial charge is 0.396 e. The van der Waals surface area contributed by atoms with Gasteiger partial charge in [-0.15, -0.1) is 0 Å². The summed E-state index contributed by atoms with van der Waals surface area (Å²) < 4.78 is 25.6. The number of aliphatic hydroxyl groups excluding tert-OH is 1. The quantitative estimate of drug-likeness (QED) is 0.464. The number of para-hydroxylation sites is 1. The summed E-state index contributed by atoms with van der Waals surface area (Å²) in [5.74, 6) is -0.319. The normalized spacial score (nSPS) is 12.5. The van der Waals surface area contributed by atoms with E-state index in [1.807, 2.05) is 47.9 Å². The molecule has 0 aliphatic carbocycles. The van der Waals surface area contributed by atoms with Crippen LogP contribution in [0.4, 0.5) is 0 Å². The van der Waals surface area contributed by atoms with Gasteiger partial charge in [0.15, 0.2) is 9.84 Å². The molecule has 7 nitrogen and oxygen atoms in total. The number of carbonyl (C=O) groups excluding carboxylic acids is 1. The van der Waals surface area contributed by atoms with Crippen molar-refractivity contribution in [3.63, 3.8) is 0 Å². The maximum absolute atomic E-state index is 12.5. The third-order valence-electron chi connectivity index (χ3n) is 5.13. The standard InChI is InChI=1S/C23H27N3O4S/c1-16-20(22(24)23(28)25-13-6-14-27)15-21(26(16)18-7-4-3-5-8-18)17-9-11-19(12-10-17)31(2,29)30/h3-5,7-12,15,22,27H,6,13-14,24H2,1-2H3,(H,25,28). The third-order valence-corrected chi connectivity index (χ3v) is 6.26. The number of carbonyl (C=O) groups is 1. The van der Waals surface area contributed by atoms with Crippen LogP contribution < -0.4 is 11.1 Å². The summed E-state index contributed by atoms with van der Waals surface area (Å²) in [4.78, 5) is 12.8. The average molecular weight is 442 g/mol. The van der Waals surface area contributed by atoms with Gasteiger partial charge in [-0.25, -0.2) is 8.42 Å². The van der Waals surface area contributed by atoms with Crippen LogP contribution >= 0.6 is 0 Å². The van der Waals surface area contributed by atoms with Crippen molar-refractivity contribution in [3.05, 3.63) is 71.9 Å². The number of benzene rings is 2. The van der Waals surface area contributed by atoms with E-state index in [4.69, 9.17) is 10.8 Å². The van der Waals surface area contributed by atoms with Crippen molar-refractivity contribution in [2.75, 3.05) is 19.4 Å². The van der Waals surface area contributed by atoms with Crippen LogP contribution in [0, 0.1) is 6.92 Å². The molecule has 1 atom stereocenters. The highest BCUT2D eigenvalue weighted by Gasteiger charge is 2.23. The highest BCUT2D eigenvalue weighted by atomic mass is 32.2. The zero-order valence-electron chi connectivity index (χ0n) is 17.6. The number of aliphatic hydroxyl groups is 1. The van der Waals surface area contributed by atoms with Crippen LogP contribution in [0.25, 0.3) is 16.9 Å². The number of aromatic nitrogens is 1. The summed E-state index contributed by atoms with van der Waals surface area (Å²) in [6.45, 7) is 2.24. The van der Waals surface area contributed by atoms with Gasteiger partial charge in [0.05, 0.1) is 10.6 Å². The number of hydrogen-bond acceptors (Lipinski definition) is 5. The summed E-state index contributed by atoms with van der Waals surface area (Å²) in [5.41, 5.74) is 10.3. The van der Waals surface area contributed by atoms with E-state index in [1.165, 1.54) is 6.26 Å². The first-order valence-corrected chi connectivity index (χ1v) is 11.9. The van der Waals surface area contributed by atoms with Crippen LogP contribution in [0.15, 0.2) is 65.6 Å². The number of amides is 1. The predicted octanol–water partition coefficient (Wildman–Crippen LogP) is 2.35. The van der Waals surface area contributed by atoms with E-state index in [9.17, 15) is 13.2 Å². The molecule has 1 heterocycles. The molecule has 0 saturated carbocycles. The monoisotopic (exact) mass is 441 g/mol. The van der Waals surface area contributed by atoms with Crippen LogP contribution in [0.1, 0.15) is 23.7 Å². The van der Waals surface area contributed by atoms with Gasteiger partial charge >= 0.3 is 0 Å². The second-order valence-corrected chi connectivity index (χ2v) is 9.40. The molecule has 3 rings (SSSR count). The van der Waals surface area contributed by atoms with Gasteiger partial charge in [0.25, 0.3) is 0 Å². The number of nitrogens with one attached hydrogen (secondary N) is 1. The fraction of sp³-hybridized carbons (Fsp3) is 0.261. The number of nitrogens with two attached hydrogens (primary N) is 1. The Morgan fingerprint density at radius 3 is 2.35 bits per heavy atom. The highest BCUT2D eigenvalue weighted by Crippen LogP contribution is 2.32. The van der Waals surface area contributed by atoms with E-state index >= 15 is 0 Å². The van der Waals surface area contributed by atoms with Crippen molar-refractivity contribution in [1.29, 1.82) is 0 Å². The molecule has 8 heteroatoms. The van der Waals surface area contributed by atoms with Crippen LogP contribution in [0.3, 0.4) is 0 Å². The lowest BCUT2D eigenvalue weighted by Gasteiger charge is -2.14. The predicted molar refractivity (Wildman–Crippen MR) is 121 cm³/mol. The Bertz CT molecular complexity index is 1150. The molecule has 2 aromatic carbocycles. The van der Waals surface area contributed by atoms with Crippen molar-refractivity contribution in [3.8, 4) is 16.9 Å². The lowest BCUT2D eigenvalue weighted by Crippen LogP contribution is -2.35. The summed E-state index contributed by atoms with van der Waals surface area (Å²) in [6, 6.07) is 17.3. The molecule has 0 aliphatic heterocycles. The summed E-state index contributed by atoms with van der Waals surface area (Å²) in [7, 11) is -3.30. The van der Waals surface area contributed by atoms with E-state index in [2.05, 4.69) is 5.32 Å². The molecule has 0 saturated heterocycles. The molecule has 0 spiro atoms. The lowest BCUT2D eigenvalue weighted by molar-refractivity contribution is -0.122. The molecular weight excluding hydrogens is 414 g/mol. The maximum Gasteiger partial charge on any atom is 0.241 e. The van der Waals surface area contributed by atoms with E-state index in [-0.39, 0.29) is 17.4 Å². The minimum Gasteiger partial charge on any atom is -0.396 e. The first-order chi connectivity index (χ1) is 14.7. The van der Waals surface area contributed by atoms with E-state index in [0.717, 1.165) is 22.6 Å². The Morgan fingerprint density at radius 1 is 1.13 bits per heavy atom. The maximum atomic E-state index is 12.5. The molecule has 1 aromatic heterocycles. The molecule has 0 bridgehead atoms. The van der Waals surface area contributed by atoms with E-state index < -0.39 is 15.9 Å². The number of sulfone groups is 1. The van der Waals surface area contributed by atoms with Gasteiger partial charge in [0.2, 0.25) is 5.91 Å². The van der Waals surface area contributed by atoms with Gasteiger partial charge in [-0.1, -0.05) is 30.3 Å². The van der Waals surface area contributed by atoms with Gasteiger partial charge in [0, 0.05) is 30.8 Å². The molecule has 31 heavy (non-hydrogen) atoms. The second-order valence-electron chi connectivity index (χ2n) is 7.38. The number of hydrogen-bond donors (Lipinski definition) is 3. The Labute approximate surface area is 182 Å². The molecule has 164 valence electrons. The van der Waals surface area contributed by atoms with E-state index in [1.54, 1.807) is 24.3 Å². The van der Waals surface area contributed by atoms with Gasteiger partial charge in [-0.3, -0.25) is 4.79 Å². The second kappa shape index (κ2) is 9.47. The smallest absolute Gasteiger partial charge is 0.241 e. The number of nitrogens with zero attached hydrogens (tertiary/aromatic N) is 1. The number of rotatable bonds is 8. The van der Waals surface area contributed by atoms with E-state index in [0.29, 0.717) is 18.5 Å². The van der Waals surface area contributed by atoms with Crippen LogP contribution in [0.5, 0.6) is 0 Å². The molecule has 4 N–H and O–H groups in total. The zero-order chi connectivity index (χ0) is 22.6. The van der Waals surface area contributed by atoms with Crippen molar-refractivity contribution in [1.82, 2.24) is 9.88 Å². The minimum absolute atomic E-state index is 0.00739. The fourth-order valence-corrected chi connectivity index (χ4v) is 4.11. The van der Waals surface area contributed by atoms with Gasteiger partial charge in [-0.05, 0) is 54.8 Å². The highest BCUT2D eigenvalue weighted by molar-refractivity contribution is 7.90. The fourth-order valence-electron chi connectivity index (χ4n) is 3.48. The van der Waals surface area contributed by atoms with Crippen molar-refractivity contribution < 1.29 is 18.3 Å². The Kier molecular flexibility index (Phi) is 6.94. The SMILES string of the molecule is Cc1c(C(N)C(=O)NCCCO)cc(-c2ccc(S(C)(=O)=O)cc2)n1-c1ccccc1. The van der Waals surface area contributed by atoms with Gasteiger partial charge in [-0.2, -0.15) is 0 Å². The van der Waals surface area contributed by atoms with Crippen LogP contribution in [-0.2, 0) is 14.6 Å². The molecule has 0 aliphatic rings. The molecule has 1 unspecified atom stereocenters. The molecule has 0 fully saturated rings. The van der Waals surface area contributed by atoms with Crippen molar-refractivity contribution >= 4 is 15.7 Å². The first-order valence-electron chi connectivity index (χ1n) is 9.96. The molecular formula is C23H27N3O4S. The Morgan fingerprint density at radius 2 is 1.77 bits per heavy atom. The van der Waals surface area contributed by atoms with Gasteiger partial charge < -0.3 is 20.7 Å². The summed E-state index contributed by atoms with van der Waals surface area (Å²) in [6.07, 6.45) is 1.63. The average Bonchev–Trinajstić information content (AvgIpc) is 3.10. The van der Waals surface area contributed by atoms with Crippen molar-refractivity contribution in [2.45, 2.75) is 24.3 Å². The van der Waals surface area contributed by atoms with Crippen LogP contribution in [0.2, 0.25) is 0 Å². The summed E-state index contributed by atoms with van der Waals surface area (Å²) in [5, 5.41) is 11.7. The minimum atomic E-state index is -3.30. The lowest BCUT2D eigenvalue weighted by atomic mass is 10.1. The Hall–Kier alpha value is -2.94. The third kappa shape index (κ3) is 5.04. The molecule has 0 radical (unpaired) electrons. The molecule has 3 aromatic rings. The Balaban J connectivity index is 2.08. The molecule has 1 amide bonds. The van der Waals surface area contributed by atoms with Crippen LogP contribution in [-0.4, -0.2) is 43.4 Å².